The Balaban J connectivity index is 1.69. The van der Waals surface area contributed by atoms with Crippen LogP contribution >= 0.6 is 11.8 Å². The summed E-state index contributed by atoms with van der Waals surface area (Å²) in [5.74, 6) is 1.05. The van der Waals surface area contributed by atoms with Crippen molar-refractivity contribution in [2.75, 3.05) is 12.0 Å². The Morgan fingerprint density at radius 1 is 1.19 bits per heavy atom. The lowest BCUT2D eigenvalue weighted by molar-refractivity contribution is 0.226. The highest BCUT2D eigenvalue weighted by Gasteiger charge is 2.20. The van der Waals surface area contributed by atoms with Crippen LogP contribution in [0.15, 0.2) is 42.9 Å². The summed E-state index contributed by atoms with van der Waals surface area (Å²) in [5, 5.41) is 12.9. The minimum absolute atomic E-state index is 0.252. The van der Waals surface area contributed by atoms with Crippen LogP contribution in [0.3, 0.4) is 0 Å². The van der Waals surface area contributed by atoms with Crippen molar-refractivity contribution in [1.82, 2.24) is 29.8 Å². The number of nitrogens with two attached hydrogens (primary N) is 1. The average molecular weight is 454 g/mol. The van der Waals surface area contributed by atoms with Crippen LogP contribution in [0.5, 0.6) is 5.75 Å². The van der Waals surface area contributed by atoms with Crippen molar-refractivity contribution in [3.8, 4) is 22.6 Å². The lowest BCUT2D eigenvalue weighted by Gasteiger charge is -2.19. The van der Waals surface area contributed by atoms with E-state index in [1.54, 1.807) is 36.4 Å². The molecule has 0 radical (unpaired) electrons. The minimum Gasteiger partial charge on any atom is -0.482 e. The van der Waals surface area contributed by atoms with Gasteiger partial charge in [0.25, 0.3) is 0 Å². The number of pyridine rings is 1. The van der Waals surface area contributed by atoms with Crippen LogP contribution in [0.2, 0.25) is 0 Å². The van der Waals surface area contributed by atoms with Crippen LogP contribution in [0.1, 0.15) is 30.0 Å². The van der Waals surface area contributed by atoms with Crippen molar-refractivity contribution in [1.29, 1.82) is 0 Å². The van der Waals surface area contributed by atoms with Gasteiger partial charge in [0, 0.05) is 28.6 Å². The summed E-state index contributed by atoms with van der Waals surface area (Å²) in [6.45, 7) is 5.82. The largest absolute Gasteiger partial charge is 0.482 e. The van der Waals surface area contributed by atoms with Gasteiger partial charge in [-0.05, 0) is 51.3 Å². The van der Waals surface area contributed by atoms with Gasteiger partial charge in [-0.15, -0.1) is 11.8 Å². The zero-order valence-electron chi connectivity index (χ0n) is 18.3. The van der Waals surface area contributed by atoms with Gasteiger partial charge in [-0.2, -0.15) is 20.1 Å². The van der Waals surface area contributed by atoms with Crippen molar-refractivity contribution in [2.24, 2.45) is 0 Å². The topological polar surface area (TPSA) is 96.7 Å². The number of hydrogen-bond acceptors (Lipinski definition) is 7. The first-order valence-corrected chi connectivity index (χ1v) is 11.4. The van der Waals surface area contributed by atoms with Crippen molar-refractivity contribution < 1.29 is 9.13 Å². The Morgan fingerprint density at radius 3 is 2.66 bits per heavy atom. The van der Waals surface area contributed by atoms with Gasteiger partial charge in [0.15, 0.2) is 11.6 Å². The third-order valence-corrected chi connectivity index (χ3v) is 5.67. The maximum absolute atomic E-state index is 14.1. The van der Waals surface area contributed by atoms with Crippen LogP contribution in [-0.2, 0) is 5.88 Å². The molecule has 0 fully saturated rings. The molecular weight excluding hydrogens is 429 g/mol. The van der Waals surface area contributed by atoms with Crippen LogP contribution in [0, 0.1) is 19.7 Å². The molecule has 0 aliphatic carbocycles. The normalized spacial score (nSPS) is 12.2. The lowest BCUT2D eigenvalue weighted by Crippen LogP contribution is -2.11. The Bertz CT molecular complexity index is 1240. The van der Waals surface area contributed by atoms with Crippen LogP contribution in [-0.4, -0.2) is 36.0 Å². The molecule has 0 spiro atoms. The molecule has 3 heterocycles. The first-order valence-electron chi connectivity index (χ1n) is 10.0. The first-order chi connectivity index (χ1) is 15.4. The molecule has 0 saturated heterocycles. The predicted octanol–water partition coefficient (Wildman–Crippen LogP) is 4.32. The molecule has 0 saturated carbocycles. The van der Waals surface area contributed by atoms with Gasteiger partial charge in [-0.1, -0.05) is 0 Å². The highest BCUT2D eigenvalue weighted by Crippen LogP contribution is 2.34. The molecule has 10 heteroatoms. The SMILES string of the molecule is CSCn1nc(C)c(-c2cnc(N)c(OC(C)c3cc(F)ccc3-n3nccn3)c2)c1C. The maximum atomic E-state index is 14.1. The van der Waals surface area contributed by atoms with Gasteiger partial charge in [0.2, 0.25) is 0 Å². The third-order valence-electron chi connectivity index (χ3n) is 5.17. The molecule has 0 bridgehead atoms. The molecule has 1 atom stereocenters. The van der Waals surface area contributed by atoms with E-state index < -0.39 is 6.10 Å². The number of thioether (sulfide) groups is 1. The maximum Gasteiger partial charge on any atom is 0.166 e. The van der Waals surface area contributed by atoms with E-state index in [0.717, 1.165) is 28.4 Å². The summed E-state index contributed by atoms with van der Waals surface area (Å²) in [7, 11) is 0. The Kier molecular flexibility index (Phi) is 6.13. The fourth-order valence-corrected chi connectivity index (χ4v) is 4.17. The van der Waals surface area contributed by atoms with Crippen LogP contribution in [0.4, 0.5) is 10.2 Å². The van der Waals surface area contributed by atoms with Crippen molar-refractivity contribution in [3.05, 3.63) is 65.6 Å². The fraction of sp³-hybridized carbons (Fsp3) is 0.273. The number of benzene rings is 1. The molecule has 4 rings (SSSR count). The zero-order valence-corrected chi connectivity index (χ0v) is 19.1. The summed E-state index contributed by atoms with van der Waals surface area (Å²) in [5.41, 5.74) is 11.1. The quantitative estimate of drug-likeness (QED) is 0.445. The highest BCUT2D eigenvalue weighted by atomic mass is 32.2. The molecule has 2 N–H and O–H groups in total. The van der Waals surface area contributed by atoms with Gasteiger partial charge in [0.05, 0.1) is 29.7 Å². The number of anilines is 1. The number of ether oxygens (including phenoxy) is 1. The first kappa shape index (κ1) is 21.8. The molecule has 1 unspecified atom stereocenters. The molecule has 0 amide bonds. The minimum atomic E-state index is -0.535. The molecule has 4 aromatic rings. The van der Waals surface area contributed by atoms with E-state index in [2.05, 4.69) is 20.3 Å². The Morgan fingerprint density at radius 2 is 1.94 bits per heavy atom. The van der Waals surface area contributed by atoms with Crippen molar-refractivity contribution in [2.45, 2.75) is 32.8 Å². The van der Waals surface area contributed by atoms with E-state index in [0.29, 0.717) is 17.0 Å². The zero-order chi connectivity index (χ0) is 22.8. The summed E-state index contributed by atoms with van der Waals surface area (Å²) < 4.78 is 22.2. The molecule has 32 heavy (non-hydrogen) atoms. The predicted molar refractivity (Wildman–Crippen MR) is 123 cm³/mol. The molecule has 0 aliphatic heterocycles. The number of halogens is 1. The second kappa shape index (κ2) is 8.99. The molecule has 1 aromatic carbocycles. The van der Waals surface area contributed by atoms with Crippen molar-refractivity contribution in [3.63, 3.8) is 0 Å². The number of aryl methyl sites for hydroxylation is 1. The summed E-state index contributed by atoms with van der Waals surface area (Å²) in [4.78, 5) is 5.77. The Labute approximate surface area is 189 Å². The summed E-state index contributed by atoms with van der Waals surface area (Å²) >= 11 is 1.70. The molecule has 3 aromatic heterocycles. The molecule has 166 valence electrons. The molecule has 8 nitrogen and oxygen atoms in total. The van der Waals surface area contributed by atoms with E-state index in [1.165, 1.54) is 16.9 Å². The number of nitrogens with zero attached hydrogens (tertiary/aromatic N) is 6. The number of aromatic nitrogens is 6. The standard InChI is InChI=1S/C22H24FN7OS/c1-13-21(14(2)29(28-13)12-32-4)16-9-20(22(24)25-11-16)31-15(3)18-10-17(23)5-6-19(18)30-26-7-8-27-30/h5-11,15H,12H2,1-4H3,(H2,24,25). The van der Waals surface area contributed by atoms with Gasteiger partial charge in [0.1, 0.15) is 11.9 Å². The fourth-order valence-electron chi connectivity index (χ4n) is 3.68. The summed E-state index contributed by atoms with van der Waals surface area (Å²) in [6, 6.07) is 6.25. The summed E-state index contributed by atoms with van der Waals surface area (Å²) in [6.07, 6.45) is 6.34. The molecular formula is C22H24FN7OS. The second-order valence-electron chi connectivity index (χ2n) is 7.35. The van der Waals surface area contributed by atoms with Gasteiger partial charge in [-0.25, -0.2) is 9.37 Å². The van der Waals surface area contributed by atoms with E-state index >= 15 is 0 Å². The van der Waals surface area contributed by atoms with E-state index in [9.17, 15) is 4.39 Å². The van der Waals surface area contributed by atoms with Gasteiger partial charge in [-0.3, -0.25) is 4.68 Å². The highest BCUT2D eigenvalue weighted by molar-refractivity contribution is 7.97. The number of hydrogen-bond donors (Lipinski definition) is 1. The Hall–Kier alpha value is -3.40. The average Bonchev–Trinajstić information content (AvgIpc) is 3.39. The second-order valence-corrected chi connectivity index (χ2v) is 8.19. The number of rotatable bonds is 7. The lowest BCUT2D eigenvalue weighted by atomic mass is 10.1. The smallest absolute Gasteiger partial charge is 0.166 e. The third kappa shape index (κ3) is 4.18. The molecule has 0 aliphatic rings. The number of nitrogen functional groups attached to an aromatic ring is 1. The van der Waals surface area contributed by atoms with E-state index in [-0.39, 0.29) is 11.6 Å². The van der Waals surface area contributed by atoms with Crippen molar-refractivity contribution >= 4 is 17.6 Å². The van der Waals surface area contributed by atoms with E-state index in [4.69, 9.17) is 10.5 Å². The van der Waals surface area contributed by atoms with Crippen LogP contribution in [0.25, 0.3) is 16.8 Å². The van der Waals surface area contributed by atoms with E-state index in [1.807, 2.05) is 37.8 Å². The van der Waals surface area contributed by atoms with Crippen LogP contribution < -0.4 is 10.5 Å². The monoisotopic (exact) mass is 453 g/mol. The van der Waals surface area contributed by atoms with Gasteiger partial charge < -0.3 is 10.5 Å². The van der Waals surface area contributed by atoms with Gasteiger partial charge >= 0.3 is 0 Å².